The van der Waals surface area contributed by atoms with Crippen molar-refractivity contribution in [3.05, 3.63) is 45.2 Å². The van der Waals surface area contributed by atoms with Gasteiger partial charge in [-0.05, 0) is 61.4 Å². The topological polar surface area (TPSA) is 38.3 Å². The van der Waals surface area contributed by atoms with E-state index in [0.29, 0.717) is 0 Å². The Hall–Kier alpha value is -1.00. The standard InChI is InChI=1S/C13H16BrNO2/c1-7-8(2)16-9(3)12(7)13(15-4)10-5-6-11(14)17-10/h5-6,13,15H,1-4H3. The van der Waals surface area contributed by atoms with Gasteiger partial charge in [0.05, 0.1) is 6.04 Å². The normalized spacial score (nSPS) is 13.0. The van der Waals surface area contributed by atoms with Gasteiger partial charge in [0.1, 0.15) is 17.3 Å². The molecule has 0 bridgehead atoms. The highest BCUT2D eigenvalue weighted by molar-refractivity contribution is 9.10. The molecule has 17 heavy (non-hydrogen) atoms. The third-order valence-corrected chi connectivity index (χ3v) is 3.50. The molecule has 0 aromatic carbocycles. The van der Waals surface area contributed by atoms with Crippen LogP contribution in [0.3, 0.4) is 0 Å². The number of furan rings is 2. The summed E-state index contributed by atoms with van der Waals surface area (Å²) in [7, 11) is 1.92. The zero-order chi connectivity index (χ0) is 12.6. The van der Waals surface area contributed by atoms with Gasteiger partial charge in [0.2, 0.25) is 0 Å². The molecule has 0 amide bonds. The number of hydrogen-bond donors (Lipinski definition) is 1. The molecule has 2 aromatic rings. The second-order valence-corrected chi connectivity index (χ2v) is 4.90. The lowest BCUT2D eigenvalue weighted by molar-refractivity contribution is 0.439. The molecule has 0 spiro atoms. The number of aryl methyl sites for hydroxylation is 2. The van der Waals surface area contributed by atoms with E-state index in [1.165, 1.54) is 5.56 Å². The number of nitrogens with one attached hydrogen (secondary N) is 1. The summed E-state index contributed by atoms with van der Waals surface area (Å²) in [5.74, 6) is 2.78. The van der Waals surface area contributed by atoms with Gasteiger partial charge in [-0.3, -0.25) is 0 Å². The molecule has 0 fully saturated rings. The first-order valence-electron chi connectivity index (χ1n) is 5.53. The molecule has 0 aliphatic rings. The van der Waals surface area contributed by atoms with Crippen LogP contribution in [0.2, 0.25) is 0 Å². The first-order chi connectivity index (χ1) is 8.04. The summed E-state index contributed by atoms with van der Waals surface area (Å²) in [6.07, 6.45) is 0. The molecule has 92 valence electrons. The third kappa shape index (κ3) is 2.19. The molecule has 4 heteroatoms. The minimum Gasteiger partial charge on any atom is -0.466 e. The average molecular weight is 298 g/mol. The number of halogens is 1. The Kier molecular flexibility index (Phi) is 3.45. The summed E-state index contributed by atoms with van der Waals surface area (Å²) < 4.78 is 12.0. The number of hydrogen-bond acceptors (Lipinski definition) is 3. The van der Waals surface area contributed by atoms with Crippen LogP contribution in [0.5, 0.6) is 0 Å². The third-order valence-electron chi connectivity index (χ3n) is 3.07. The Balaban J connectivity index is 2.49. The summed E-state index contributed by atoms with van der Waals surface area (Å²) in [6, 6.07) is 3.89. The van der Waals surface area contributed by atoms with Crippen LogP contribution in [0.1, 0.15) is 34.4 Å². The van der Waals surface area contributed by atoms with Crippen molar-refractivity contribution in [3.8, 4) is 0 Å². The van der Waals surface area contributed by atoms with Crippen LogP contribution in [0, 0.1) is 20.8 Å². The summed E-state index contributed by atoms with van der Waals surface area (Å²) >= 11 is 3.33. The summed E-state index contributed by atoms with van der Waals surface area (Å²) in [6.45, 7) is 6.04. The molecular weight excluding hydrogens is 282 g/mol. The first-order valence-corrected chi connectivity index (χ1v) is 6.33. The first kappa shape index (κ1) is 12.5. The van der Waals surface area contributed by atoms with Gasteiger partial charge >= 0.3 is 0 Å². The van der Waals surface area contributed by atoms with Crippen molar-refractivity contribution in [2.24, 2.45) is 0 Å². The van der Waals surface area contributed by atoms with Crippen molar-refractivity contribution in [3.63, 3.8) is 0 Å². The molecule has 2 heterocycles. The van der Waals surface area contributed by atoms with Gasteiger partial charge in [-0.2, -0.15) is 0 Å². The van der Waals surface area contributed by atoms with Gasteiger partial charge in [-0.15, -0.1) is 0 Å². The molecule has 0 saturated carbocycles. The molecule has 2 aromatic heterocycles. The predicted molar refractivity (Wildman–Crippen MR) is 70.2 cm³/mol. The van der Waals surface area contributed by atoms with E-state index in [1.54, 1.807) is 0 Å². The quantitative estimate of drug-likeness (QED) is 0.935. The van der Waals surface area contributed by atoms with E-state index < -0.39 is 0 Å². The van der Waals surface area contributed by atoms with Crippen LogP contribution in [-0.2, 0) is 0 Å². The van der Waals surface area contributed by atoms with E-state index in [9.17, 15) is 0 Å². The lowest BCUT2D eigenvalue weighted by atomic mass is 10.0. The largest absolute Gasteiger partial charge is 0.466 e. The highest BCUT2D eigenvalue weighted by Gasteiger charge is 2.23. The van der Waals surface area contributed by atoms with Crippen LogP contribution in [0.25, 0.3) is 0 Å². The van der Waals surface area contributed by atoms with Gasteiger partial charge in [-0.25, -0.2) is 0 Å². The zero-order valence-electron chi connectivity index (χ0n) is 10.4. The molecular formula is C13H16BrNO2. The van der Waals surface area contributed by atoms with Gasteiger partial charge in [0.25, 0.3) is 0 Å². The molecule has 0 radical (unpaired) electrons. The Labute approximate surface area is 109 Å². The van der Waals surface area contributed by atoms with E-state index in [1.807, 2.05) is 33.0 Å². The SMILES string of the molecule is CNC(c1ccc(Br)o1)c1c(C)oc(C)c1C. The van der Waals surface area contributed by atoms with Gasteiger partial charge < -0.3 is 14.2 Å². The molecule has 0 saturated heterocycles. The van der Waals surface area contributed by atoms with Crippen molar-refractivity contribution < 1.29 is 8.83 Å². The fraction of sp³-hybridized carbons (Fsp3) is 0.385. The van der Waals surface area contributed by atoms with Gasteiger partial charge in [0, 0.05) is 5.56 Å². The minimum atomic E-state index is 0.0266. The highest BCUT2D eigenvalue weighted by atomic mass is 79.9. The fourth-order valence-corrected chi connectivity index (χ4v) is 2.47. The Morgan fingerprint density at radius 1 is 1.12 bits per heavy atom. The van der Waals surface area contributed by atoms with E-state index in [2.05, 4.69) is 28.2 Å². The summed E-state index contributed by atoms with van der Waals surface area (Å²) in [5, 5.41) is 3.27. The smallest absolute Gasteiger partial charge is 0.169 e. The van der Waals surface area contributed by atoms with Crippen molar-refractivity contribution in [2.75, 3.05) is 7.05 Å². The van der Waals surface area contributed by atoms with E-state index in [0.717, 1.165) is 27.5 Å². The highest BCUT2D eigenvalue weighted by Crippen LogP contribution is 2.32. The molecule has 1 N–H and O–H groups in total. The summed E-state index contributed by atoms with van der Waals surface area (Å²) in [5.41, 5.74) is 2.33. The average Bonchev–Trinajstić information content (AvgIpc) is 2.79. The van der Waals surface area contributed by atoms with E-state index >= 15 is 0 Å². The van der Waals surface area contributed by atoms with Crippen LogP contribution in [0.4, 0.5) is 0 Å². The molecule has 1 unspecified atom stereocenters. The van der Waals surface area contributed by atoms with Crippen LogP contribution in [-0.4, -0.2) is 7.05 Å². The van der Waals surface area contributed by atoms with Crippen LogP contribution < -0.4 is 5.32 Å². The minimum absolute atomic E-state index is 0.0266. The maximum atomic E-state index is 5.66. The van der Waals surface area contributed by atoms with E-state index in [4.69, 9.17) is 8.83 Å². The fourth-order valence-electron chi connectivity index (χ4n) is 2.15. The predicted octanol–water partition coefficient (Wildman–Crippen LogP) is 3.87. The van der Waals surface area contributed by atoms with Crippen molar-refractivity contribution in [1.29, 1.82) is 0 Å². The summed E-state index contributed by atoms with van der Waals surface area (Å²) in [4.78, 5) is 0. The zero-order valence-corrected chi connectivity index (χ0v) is 12.0. The second-order valence-electron chi connectivity index (χ2n) is 4.12. The van der Waals surface area contributed by atoms with Crippen molar-refractivity contribution in [1.82, 2.24) is 5.32 Å². The Morgan fingerprint density at radius 2 is 1.82 bits per heavy atom. The Morgan fingerprint density at radius 3 is 2.24 bits per heavy atom. The van der Waals surface area contributed by atoms with Crippen LogP contribution >= 0.6 is 15.9 Å². The van der Waals surface area contributed by atoms with Crippen molar-refractivity contribution >= 4 is 15.9 Å². The lowest BCUT2D eigenvalue weighted by Crippen LogP contribution is -2.18. The van der Waals surface area contributed by atoms with Gasteiger partial charge in [-0.1, -0.05) is 0 Å². The van der Waals surface area contributed by atoms with E-state index in [-0.39, 0.29) is 6.04 Å². The molecule has 3 nitrogen and oxygen atoms in total. The van der Waals surface area contributed by atoms with Crippen molar-refractivity contribution in [2.45, 2.75) is 26.8 Å². The maximum Gasteiger partial charge on any atom is 0.169 e. The molecule has 0 aliphatic carbocycles. The maximum absolute atomic E-state index is 5.66. The monoisotopic (exact) mass is 297 g/mol. The molecule has 2 rings (SSSR count). The molecule has 1 atom stereocenters. The van der Waals surface area contributed by atoms with Gasteiger partial charge in [0.15, 0.2) is 4.67 Å². The van der Waals surface area contributed by atoms with Crippen LogP contribution in [0.15, 0.2) is 25.6 Å². The second kappa shape index (κ2) is 4.70. The Bertz CT molecular complexity index is 528. The lowest BCUT2D eigenvalue weighted by Gasteiger charge is -2.14. The number of rotatable bonds is 3. The molecule has 0 aliphatic heterocycles.